The lowest BCUT2D eigenvalue weighted by atomic mass is 9.97. The predicted molar refractivity (Wildman–Crippen MR) is 89.9 cm³/mol. The van der Waals surface area contributed by atoms with Crippen molar-refractivity contribution < 1.29 is 4.79 Å². The van der Waals surface area contributed by atoms with Crippen LogP contribution in [0.4, 0.5) is 0 Å². The average Bonchev–Trinajstić information content (AvgIpc) is 2.88. The Bertz CT molecular complexity index is 832. The molecule has 0 aliphatic rings. The van der Waals surface area contributed by atoms with Gasteiger partial charge >= 0.3 is 0 Å². The molecule has 3 rings (SSSR count). The highest BCUT2D eigenvalue weighted by atomic mass is 79.9. The Morgan fingerprint density at radius 1 is 1.19 bits per heavy atom. The number of aromatic nitrogens is 1. The first-order valence-corrected chi connectivity index (χ1v) is 7.70. The smallest absolute Gasteiger partial charge is 0.169 e. The molecule has 0 spiro atoms. The predicted octanol–water partition coefficient (Wildman–Crippen LogP) is 4.97. The van der Waals surface area contributed by atoms with Crippen molar-refractivity contribution in [1.29, 1.82) is 0 Å². The number of ketones is 1. The molecule has 0 saturated carbocycles. The summed E-state index contributed by atoms with van der Waals surface area (Å²) < 4.78 is 0.950. The molecular formula is C18H16BrNO. The van der Waals surface area contributed by atoms with E-state index in [0.29, 0.717) is 6.42 Å². The second-order valence-corrected chi connectivity index (χ2v) is 6.25. The van der Waals surface area contributed by atoms with E-state index in [2.05, 4.69) is 46.0 Å². The van der Waals surface area contributed by atoms with E-state index in [0.717, 1.165) is 32.1 Å². The number of hydrogen-bond donors (Lipinski definition) is 1. The zero-order valence-electron chi connectivity index (χ0n) is 12.0. The molecule has 1 N–H and O–H groups in total. The lowest BCUT2D eigenvalue weighted by Crippen LogP contribution is -2.04. The molecule has 0 unspecified atom stereocenters. The minimum absolute atomic E-state index is 0.141. The highest BCUT2D eigenvalue weighted by molar-refractivity contribution is 9.10. The minimum Gasteiger partial charge on any atom is -0.360 e. The van der Waals surface area contributed by atoms with Crippen molar-refractivity contribution in [2.75, 3.05) is 0 Å². The summed E-state index contributed by atoms with van der Waals surface area (Å²) in [6, 6.07) is 12.1. The molecule has 0 radical (unpaired) electrons. The molecule has 0 bridgehead atoms. The molecule has 21 heavy (non-hydrogen) atoms. The fraction of sp³-hybridized carbons (Fsp3) is 0.167. The fourth-order valence-electron chi connectivity index (χ4n) is 2.62. The van der Waals surface area contributed by atoms with E-state index in [1.807, 2.05) is 31.3 Å². The van der Waals surface area contributed by atoms with Crippen LogP contribution in [0.1, 0.15) is 27.0 Å². The third-order valence-electron chi connectivity index (χ3n) is 3.81. The van der Waals surface area contributed by atoms with Crippen LogP contribution in [0.25, 0.3) is 10.9 Å². The highest BCUT2D eigenvalue weighted by Gasteiger charge is 2.15. The first-order chi connectivity index (χ1) is 10.1. The number of aryl methyl sites for hydroxylation is 2. The quantitative estimate of drug-likeness (QED) is 0.670. The van der Waals surface area contributed by atoms with Gasteiger partial charge in [-0.2, -0.15) is 0 Å². The number of aromatic amines is 1. The molecule has 0 amide bonds. The van der Waals surface area contributed by atoms with E-state index in [1.54, 1.807) is 0 Å². The average molecular weight is 342 g/mol. The lowest BCUT2D eigenvalue weighted by molar-refractivity contribution is 0.0994. The van der Waals surface area contributed by atoms with Crippen molar-refractivity contribution in [3.05, 3.63) is 69.3 Å². The van der Waals surface area contributed by atoms with Gasteiger partial charge in [0.25, 0.3) is 0 Å². The van der Waals surface area contributed by atoms with E-state index < -0.39 is 0 Å². The van der Waals surface area contributed by atoms with Crippen molar-refractivity contribution >= 4 is 32.6 Å². The number of H-pyrrole nitrogens is 1. The molecule has 2 nitrogen and oxygen atoms in total. The molecule has 0 aliphatic carbocycles. The molecule has 3 heteroatoms. The maximum Gasteiger partial charge on any atom is 0.169 e. The molecular weight excluding hydrogens is 326 g/mol. The zero-order valence-corrected chi connectivity index (χ0v) is 13.6. The normalized spacial score (nSPS) is 11.0. The number of nitrogens with one attached hydrogen (secondary N) is 1. The summed E-state index contributed by atoms with van der Waals surface area (Å²) in [6.07, 6.45) is 2.24. The summed E-state index contributed by atoms with van der Waals surface area (Å²) >= 11 is 3.53. The van der Waals surface area contributed by atoms with Gasteiger partial charge in [0.05, 0.1) is 0 Å². The number of halogens is 1. The standard InChI is InChI=1S/C18H16BrNO/c1-11-6-7-12(2)13(8-11)9-17(21)14-10-20-16-5-3-4-15(19)18(14)16/h3-8,10,20H,9H2,1-2H3. The number of carbonyl (C=O) groups excluding carboxylic acids is 1. The Morgan fingerprint density at radius 2 is 2.00 bits per heavy atom. The third-order valence-corrected chi connectivity index (χ3v) is 4.47. The zero-order chi connectivity index (χ0) is 15.0. The number of fused-ring (bicyclic) bond motifs is 1. The van der Waals surface area contributed by atoms with Crippen LogP contribution in [-0.2, 0) is 6.42 Å². The summed E-state index contributed by atoms with van der Waals surface area (Å²) in [4.78, 5) is 15.8. The minimum atomic E-state index is 0.141. The summed E-state index contributed by atoms with van der Waals surface area (Å²) in [5.41, 5.74) is 5.17. The van der Waals surface area contributed by atoms with Gasteiger partial charge in [-0.1, -0.05) is 45.8 Å². The maximum atomic E-state index is 12.7. The van der Waals surface area contributed by atoms with Gasteiger partial charge in [-0.3, -0.25) is 4.79 Å². The van der Waals surface area contributed by atoms with Crippen LogP contribution in [0.3, 0.4) is 0 Å². The number of rotatable bonds is 3. The Balaban J connectivity index is 2.00. The molecule has 2 aromatic carbocycles. The molecule has 1 aromatic heterocycles. The molecule has 0 atom stereocenters. The van der Waals surface area contributed by atoms with Crippen molar-refractivity contribution in [2.45, 2.75) is 20.3 Å². The summed E-state index contributed by atoms with van der Waals surface area (Å²) in [5.74, 6) is 0.141. The van der Waals surface area contributed by atoms with Gasteiger partial charge in [0, 0.05) is 33.6 Å². The molecule has 0 fully saturated rings. The van der Waals surface area contributed by atoms with Crippen molar-refractivity contribution in [1.82, 2.24) is 4.98 Å². The van der Waals surface area contributed by atoms with Gasteiger partial charge in [0.1, 0.15) is 0 Å². The van der Waals surface area contributed by atoms with E-state index >= 15 is 0 Å². The second kappa shape index (κ2) is 5.49. The van der Waals surface area contributed by atoms with Crippen LogP contribution in [0.5, 0.6) is 0 Å². The van der Waals surface area contributed by atoms with Gasteiger partial charge < -0.3 is 4.98 Å². The molecule has 1 heterocycles. The van der Waals surface area contributed by atoms with Crippen LogP contribution in [0, 0.1) is 13.8 Å². The molecule has 106 valence electrons. The first-order valence-electron chi connectivity index (χ1n) is 6.91. The maximum absolute atomic E-state index is 12.7. The van der Waals surface area contributed by atoms with Gasteiger partial charge in [-0.15, -0.1) is 0 Å². The van der Waals surface area contributed by atoms with E-state index in [1.165, 1.54) is 5.56 Å². The largest absolute Gasteiger partial charge is 0.360 e. The molecule has 0 aliphatic heterocycles. The molecule has 0 saturated heterocycles. The second-order valence-electron chi connectivity index (χ2n) is 5.39. The Morgan fingerprint density at radius 3 is 2.81 bits per heavy atom. The van der Waals surface area contributed by atoms with Crippen molar-refractivity contribution in [3.8, 4) is 0 Å². The van der Waals surface area contributed by atoms with Gasteiger partial charge in [0.2, 0.25) is 0 Å². The van der Waals surface area contributed by atoms with Crippen molar-refractivity contribution in [2.24, 2.45) is 0 Å². The Hall–Kier alpha value is -1.87. The number of benzene rings is 2. The summed E-state index contributed by atoms with van der Waals surface area (Å²) in [5, 5.41) is 0.966. The van der Waals surface area contributed by atoms with Crippen LogP contribution in [0.2, 0.25) is 0 Å². The van der Waals surface area contributed by atoms with Gasteiger partial charge in [-0.25, -0.2) is 0 Å². The van der Waals surface area contributed by atoms with E-state index in [4.69, 9.17) is 0 Å². The van der Waals surface area contributed by atoms with Crippen LogP contribution in [-0.4, -0.2) is 10.8 Å². The highest BCUT2D eigenvalue weighted by Crippen LogP contribution is 2.28. The summed E-state index contributed by atoms with van der Waals surface area (Å²) in [7, 11) is 0. The number of Topliss-reactive ketones (excluding diaryl/α,β-unsaturated/α-hetero) is 1. The lowest BCUT2D eigenvalue weighted by Gasteiger charge is -2.06. The van der Waals surface area contributed by atoms with Crippen LogP contribution < -0.4 is 0 Å². The fourth-order valence-corrected chi connectivity index (χ4v) is 3.20. The van der Waals surface area contributed by atoms with Gasteiger partial charge in [-0.05, 0) is 37.1 Å². The number of hydrogen-bond acceptors (Lipinski definition) is 1. The Kier molecular flexibility index (Phi) is 3.68. The number of carbonyl (C=O) groups is 1. The van der Waals surface area contributed by atoms with Gasteiger partial charge in [0.15, 0.2) is 5.78 Å². The third kappa shape index (κ3) is 2.66. The van der Waals surface area contributed by atoms with E-state index in [-0.39, 0.29) is 5.78 Å². The SMILES string of the molecule is Cc1ccc(C)c(CC(=O)c2c[nH]c3cccc(Br)c23)c1. The molecule has 3 aromatic rings. The van der Waals surface area contributed by atoms with Crippen LogP contribution >= 0.6 is 15.9 Å². The van der Waals surface area contributed by atoms with Crippen molar-refractivity contribution in [3.63, 3.8) is 0 Å². The summed E-state index contributed by atoms with van der Waals surface area (Å²) in [6.45, 7) is 4.10. The first kappa shape index (κ1) is 14.1. The van der Waals surface area contributed by atoms with E-state index in [9.17, 15) is 4.79 Å². The van der Waals surface area contributed by atoms with Crippen LogP contribution in [0.15, 0.2) is 47.1 Å². The monoisotopic (exact) mass is 341 g/mol. The Labute approximate surface area is 132 Å². The topological polar surface area (TPSA) is 32.9 Å².